The van der Waals surface area contributed by atoms with Crippen molar-refractivity contribution in [3.63, 3.8) is 0 Å². The second-order valence-electron chi connectivity index (χ2n) is 22.7. The van der Waals surface area contributed by atoms with Gasteiger partial charge in [-0.05, 0) is 242 Å². The number of nitrogens with zero attached hydrogens (tertiary/aromatic N) is 1. The first-order chi connectivity index (χ1) is 28.4. The summed E-state index contributed by atoms with van der Waals surface area (Å²) in [7, 11) is -1.92. The van der Waals surface area contributed by atoms with Gasteiger partial charge in [-0.1, -0.05) is 51.3 Å². The maximum atomic E-state index is 12.0. The van der Waals surface area contributed by atoms with Crippen LogP contribution in [0, 0.1) is 28.2 Å². The van der Waals surface area contributed by atoms with E-state index in [0.29, 0.717) is 0 Å². The molecule has 0 amide bonds. The standard InChI is InChI=1S/C19H31NO2S.C19H32O2S.C16H27NO.2CH4.CH3.BrH.ClH.Mg/c1-14-9-11-16(13-17(14)22-18(3,4)5)12-10-15(2)20-23(21)19(6,7)8;1-15-11-12-16(14-17(15)21-18(2,3)4)10-8-9-13-22(20)19(5,6)7;1-12-7-8-13(9-10-16(5,6)17)11-14(12)18-15(2,3)4;;;;;;/h9,11,13H,10,12H2,1-8H3;11-12,14H,8-10,13H2,1-7H3;7-8,11H,9-10,17H2,1-6H3;2*1H4;1H3;2*1H;/q;;;;;-1;;;+2/p-1/t23-;22-;;;;;;;/m10......./s1. The van der Waals surface area contributed by atoms with E-state index in [1.54, 1.807) is 0 Å². The number of halogens is 2. The third-order valence-electron chi connectivity index (χ3n) is 9.33. The monoisotopic (exact) mass is 1100 g/mol. The normalized spacial score (nSPS) is 12.6. The maximum Gasteiger partial charge on any atom is 2.00 e. The molecular weight excluding hydrogens is 996 g/mol. The average molecular weight is 1100 g/mol. The molecule has 12 heteroatoms. The van der Waals surface area contributed by atoms with E-state index in [2.05, 4.69) is 156 Å². The van der Waals surface area contributed by atoms with Crippen molar-refractivity contribution in [2.45, 2.75) is 237 Å². The number of benzene rings is 3. The first-order valence-corrected chi connectivity index (χ1v) is 25.4. The molecule has 0 bridgehead atoms. The van der Waals surface area contributed by atoms with Gasteiger partial charge in [0.2, 0.25) is 0 Å². The molecule has 0 saturated carbocycles. The van der Waals surface area contributed by atoms with Crippen LogP contribution >= 0.6 is 12.4 Å². The number of nitrogens with two attached hydrogens (primary N) is 1. The molecule has 0 aliphatic carbocycles. The van der Waals surface area contributed by atoms with Crippen molar-refractivity contribution in [2.75, 3.05) is 5.75 Å². The number of unbranched alkanes of at least 4 members (excludes halogenated alkanes) is 1. The second-order valence-corrected chi connectivity index (χ2v) is 27.0. The number of hydrogen-bond donors (Lipinski definition) is 1. The fourth-order valence-corrected chi connectivity index (χ4v) is 7.43. The number of hydrogen-bond acceptors (Lipinski definition) is 6. The molecule has 0 aromatic heterocycles. The summed E-state index contributed by atoms with van der Waals surface area (Å²) in [6.45, 7) is 42.8. The quantitative estimate of drug-likeness (QED) is 0.0704. The van der Waals surface area contributed by atoms with Crippen LogP contribution in [-0.2, 0) is 41.0 Å². The van der Waals surface area contributed by atoms with Crippen molar-refractivity contribution < 1.29 is 39.6 Å². The first-order valence-electron chi connectivity index (χ1n) is 22.9. The molecule has 0 saturated heterocycles. The molecule has 3 aromatic carbocycles. The van der Waals surface area contributed by atoms with Crippen molar-refractivity contribution >= 4 is 63.0 Å². The summed E-state index contributed by atoms with van der Waals surface area (Å²) in [5, 5.41) is 0. The summed E-state index contributed by atoms with van der Waals surface area (Å²) in [5.41, 5.74) is 13.6. The van der Waals surface area contributed by atoms with Gasteiger partial charge in [-0.15, -0.1) is 12.4 Å². The Kier molecular flexibility index (Phi) is 39.0. The van der Waals surface area contributed by atoms with E-state index >= 15 is 0 Å². The molecule has 3 aromatic rings. The zero-order chi connectivity index (χ0) is 48.8. The summed E-state index contributed by atoms with van der Waals surface area (Å²) in [5.74, 6) is 3.68. The fourth-order valence-electron chi connectivity index (χ4n) is 5.70. The Hall–Kier alpha value is -1.47. The minimum Gasteiger partial charge on any atom is -1.00 e. The van der Waals surface area contributed by atoms with Crippen LogP contribution in [0.25, 0.3) is 0 Å². The van der Waals surface area contributed by atoms with Gasteiger partial charge in [0, 0.05) is 32.6 Å². The molecule has 0 fully saturated rings. The van der Waals surface area contributed by atoms with E-state index in [4.69, 9.17) is 19.9 Å². The van der Waals surface area contributed by atoms with Crippen molar-refractivity contribution in [3.05, 3.63) is 95.4 Å². The average Bonchev–Trinajstić information content (AvgIpc) is 3.09. The number of aryl methyl sites for hydroxylation is 6. The Morgan fingerprint density at radius 3 is 1.20 bits per heavy atom. The molecular formula is C57H102BrClMgN2O5S2. The topological polar surface area (TPSA) is 100 Å². The summed E-state index contributed by atoms with van der Waals surface area (Å²) in [4.78, 5) is 0. The zero-order valence-corrected chi connectivity index (χ0v) is 51.7. The minimum atomic E-state index is -1.18. The summed E-state index contributed by atoms with van der Waals surface area (Å²) < 4.78 is 46.0. The van der Waals surface area contributed by atoms with Gasteiger partial charge >= 0.3 is 23.1 Å². The van der Waals surface area contributed by atoms with E-state index in [-0.39, 0.29) is 107 Å². The Labute approximate surface area is 464 Å². The molecule has 0 unspecified atom stereocenters. The largest absolute Gasteiger partial charge is 2.00 e. The third-order valence-corrected chi connectivity index (χ3v) is 12.9. The van der Waals surface area contributed by atoms with Crippen LogP contribution in [-0.4, -0.2) is 74.8 Å². The second kappa shape index (κ2) is 34.1. The fraction of sp³-hybridized carbons (Fsp3) is 0.649. The van der Waals surface area contributed by atoms with Gasteiger partial charge in [-0.25, -0.2) is 4.21 Å². The predicted octanol–water partition coefficient (Wildman–Crippen LogP) is 12.7. The van der Waals surface area contributed by atoms with Crippen molar-refractivity contribution in [2.24, 2.45) is 10.1 Å². The third kappa shape index (κ3) is 37.0. The molecule has 2 N–H and O–H groups in total. The summed E-state index contributed by atoms with van der Waals surface area (Å²) in [6.07, 6.45) is 6.74. The van der Waals surface area contributed by atoms with Gasteiger partial charge in [0.15, 0.2) is 0 Å². The van der Waals surface area contributed by atoms with Crippen LogP contribution in [0.15, 0.2) is 59.0 Å². The maximum absolute atomic E-state index is 12.0. The molecule has 0 aliphatic rings. The molecule has 0 aliphatic heterocycles. The van der Waals surface area contributed by atoms with Gasteiger partial charge in [0.1, 0.15) is 45.0 Å². The number of rotatable bonds is 15. The van der Waals surface area contributed by atoms with Gasteiger partial charge in [0.05, 0.1) is 4.75 Å². The SMILES string of the molecule is C.C.CC(CCc1ccc(C)c(OC(C)(C)C)c1)=N[S@](=O)C(C)(C)C.Cc1ccc(CCC(C)(C)N)cc1OC(C)(C)C.Cc1ccc(CCCC[S@](=O)C(C)(C)C)cc1OC(C)(C)C.Cl.[Br-].[CH3-].[Mg+2]. The van der Waals surface area contributed by atoms with Crippen LogP contribution in [0.4, 0.5) is 0 Å². The Morgan fingerprint density at radius 1 is 0.565 bits per heavy atom. The molecule has 7 nitrogen and oxygen atoms in total. The minimum absolute atomic E-state index is 0. The molecule has 0 spiro atoms. The van der Waals surface area contributed by atoms with E-state index < -0.39 is 21.8 Å². The molecule has 398 valence electrons. The van der Waals surface area contributed by atoms with Crippen LogP contribution in [0.1, 0.15) is 199 Å². The Morgan fingerprint density at radius 2 is 0.899 bits per heavy atom. The zero-order valence-electron chi connectivity index (χ0n) is 46.2. The molecule has 69 heavy (non-hydrogen) atoms. The molecule has 0 heterocycles. The predicted molar refractivity (Wildman–Crippen MR) is 309 cm³/mol. The smallest absolute Gasteiger partial charge is 1.00 e. The molecule has 3 rings (SSSR count). The van der Waals surface area contributed by atoms with Gasteiger partial charge < -0.3 is 44.4 Å². The van der Waals surface area contributed by atoms with Gasteiger partial charge in [-0.2, -0.15) is 4.40 Å². The van der Waals surface area contributed by atoms with E-state index in [0.717, 1.165) is 79.2 Å². The van der Waals surface area contributed by atoms with E-state index in [1.807, 2.05) is 48.5 Å². The van der Waals surface area contributed by atoms with Crippen LogP contribution in [0.3, 0.4) is 0 Å². The van der Waals surface area contributed by atoms with Gasteiger partial charge in [0.25, 0.3) is 0 Å². The summed E-state index contributed by atoms with van der Waals surface area (Å²) >= 11 is 0. The van der Waals surface area contributed by atoms with Crippen LogP contribution < -0.4 is 36.9 Å². The first kappa shape index (κ1) is 78.9. The van der Waals surface area contributed by atoms with Crippen LogP contribution in [0.5, 0.6) is 17.2 Å². The Bertz CT molecular complexity index is 1970. The van der Waals surface area contributed by atoms with E-state index in [9.17, 15) is 8.42 Å². The summed E-state index contributed by atoms with van der Waals surface area (Å²) in [6, 6.07) is 19.2. The van der Waals surface area contributed by atoms with Crippen LogP contribution in [0.2, 0.25) is 0 Å². The van der Waals surface area contributed by atoms with Gasteiger partial charge in [-0.3, -0.25) is 4.21 Å². The van der Waals surface area contributed by atoms with Crippen molar-refractivity contribution in [3.8, 4) is 17.2 Å². The van der Waals surface area contributed by atoms with Crippen molar-refractivity contribution in [1.29, 1.82) is 0 Å². The molecule has 0 radical (unpaired) electrons. The molecule has 2 atom stereocenters. The Balaban J connectivity index is -0.000000208. The van der Waals surface area contributed by atoms with Crippen molar-refractivity contribution in [1.82, 2.24) is 0 Å². The van der Waals surface area contributed by atoms with E-state index in [1.165, 1.54) is 27.8 Å². The number of ether oxygens (including phenoxy) is 3.